The summed E-state index contributed by atoms with van der Waals surface area (Å²) in [5.41, 5.74) is 0.203. The molecule has 0 spiro atoms. The lowest BCUT2D eigenvalue weighted by atomic mass is 10.1. The Hall–Kier alpha value is -2.80. The molecule has 0 atom stereocenters. The summed E-state index contributed by atoms with van der Waals surface area (Å²) in [6.07, 6.45) is 0.167. The van der Waals surface area contributed by atoms with E-state index in [4.69, 9.17) is 16.0 Å². The number of carbonyl (C=O) groups excluding carboxylic acids is 1. The highest BCUT2D eigenvalue weighted by molar-refractivity contribution is 6.36. The molecule has 1 aromatic rings. The molecule has 3 rings (SSSR count). The van der Waals surface area contributed by atoms with Crippen molar-refractivity contribution in [2.24, 2.45) is 0 Å². The van der Waals surface area contributed by atoms with Crippen molar-refractivity contribution in [1.82, 2.24) is 0 Å². The number of halogens is 1. The zero-order valence-corrected chi connectivity index (χ0v) is 13.3. The Bertz CT molecular complexity index is 981. The quantitative estimate of drug-likeness (QED) is 0.335. The van der Waals surface area contributed by atoms with Gasteiger partial charge in [0.1, 0.15) is 10.8 Å². The fourth-order valence-electron chi connectivity index (χ4n) is 2.42. The van der Waals surface area contributed by atoms with E-state index in [0.29, 0.717) is 10.3 Å². The zero-order valence-electron chi connectivity index (χ0n) is 12.5. The molecule has 0 bridgehead atoms. The monoisotopic (exact) mass is 349 g/mol. The second-order valence-electron chi connectivity index (χ2n) is 5.15. The topological polar surface area (TPSA) is 104 Å². The third-order valence-corrected chi connectivity index (χ3v) is 4.01. The summed E-state index contributed by atoms with van der Waals surface area (Å²) in [6, 6.07) is 5.17. The molecule has 7 nitrogen and oxygen atoms in total. The fourth-order valence-corrected chi connectivity index (χ4v) is 2.68. The van der Waals surface area contributed by atoms with Gasteiger partial charge >= 0.3 is 5.97 Å². The maximum absolute atomic E-state index is 12.5. The molecule has 2 aliphatic rings. The second kappa shape index (κ2) is 6.01. The van der Waals surface area contributed by atoms with E-state index in [2.05, 4.69) is 4.74 Å². The van der Waals surface area contributed by atoms with Gasteiger partial charge in [0, 0.05) is 30.2 Å². The van der Waals surface area contributed by atoms with Gasteiger partial charge in [-0.25, -0.2) is 0 Å². The Balaban J connectivity index is 2.23. The number of benzene rings is 2. The first-order valence-electron chi connectivity index (χ1n) is 6.99. The molecule has 0 saturated heterocycles. The number of esters is 1. The van der Waals surface area contributed by atoms with Crippen LogP contribution in [-0.4, -0.2) is 18.2 Å². The highest BCUT2D eigenvalue weighted by Gasteiger charge is 2.24. The van der Waals surface area contributed by atoms with Gasteiger partial charge in [-0.05, 0) is 12.5 Å². The van der Waals surface area contributed by atoms with Gasteiger partial charge < -0.3 is 19.5 Å². The van der Waals surface area contributed by atoms with E-state index < -0.39 is 5.97 Å². The van der Waals surface area contributed by atoms with Crippen molar-refractivity contribution in [2.75, 3.05) is 7.11 Å². The molecule has 124 valence electrons. The number of aromatic hydroxyl groups is 1. The summed E-state index contributed by atoms with van der Waals surface area (Å²) in [6.45, 7) is 0. The van der Waals surface area contributed by atoms with Gasteiger partial charge in [-0.3, -0.25) is 9.59 Å². The van der Waals surface area contributed by atoms with E-state index in [1.54, 1.807) is 0 Å². The third-order valence-electron chi connectivity index (χ3n) is 3.66. The van der Waals surface area contributed by atoms with Crippen LogP contribution < -0.4 is 10.2 Å². The number of fused-ring (bicyclic) bond motifs is 2. The minimum absolute atomic E-state index is 0.0228. The van der Waals surface area contributed by atoms with Gasteiger partial charge in [-0.2, -0.15) is 4.73 Å². The number of hydrogen-bond donors (Lipinski definition) is 1. The van der Waals surface area contributed by atoms with E-state index in [9.17, 15) is 19.9 Å². The molecule has 0 amide bonds. The number of nitrogens with zero attached hydrogens (tertiary/aromatic N) is 1. The zero-order chi connectivity index (χ0) is 17.4. The predicted octanol–water partition coefficient (Wildman–Crippen LogP) is 2.00. The van der Waals surface area contributed by atoms with Crippen molar-refractivity contribution in [3.8, 4) is 17.2 Å². The van der Waals surface area contributed by atoms with Gasteiger partial charge in [0.15, 0.2) is 5.43 Å². The van der Waals surface area contributed by atoms with E-state index in [1.165, 1.54) is 31.4 Å². The standard InChI is InChI=1S/C16H12ClNO6/c1-23-13(20)5-2-8-6-11-16(14(17)15(8)21)24-12-7-9(19)3-4-10(12)18(11)22/h3-4,6-7,21H,2,5H2,1H3. The molecular weight excluding hydrogens is 338 g/mol. The van der Waals surface area contributed by atoms with Crippen molar-refractivity contribution >= 4 is 28.7 Å². The number of phenolic OH excluding ortho intramolecular Hbond substituents is 1. The fraction of sp³-hybridized carbons (Fsp3) is 0.188. The summed E-state index contributed by atoms with van der Waals surface area (Å²) >= 11 is 6.10. The molecule has 1 heterocycles. The summed E-state index contributed by atoms with van der Waals surface area (Å²) in [7, 11) is 1.26. The number of aryl methyl sites for hydroxylation is 1. The van der Waals surface area contributed by atoms with E-state index in [-0.39, 0.29) is 51.6 Å². The first-order valence-corrected chi connectivity index (χ1v) is 7.37. The highest BCUT2D eigenvalue weighted by atomic mass is 35.5. The largest absolute Gasteiger partial charge is 0.618 e. The normalized spacial score (nSPS) is 11.1. The lowest BCUT2D eigenvalue weighted by Crippen LogP contribution is -2.31. The van der Waals surface area contributed by atoms with Crippen molar-refractivity contribution in [1.29, 1.82) is 0 Å². The number of methoxy groups -OCH3 is 1. The molecule has 0 aromatic heterocycles. The number of phenols is 1. The van der Waals surface area contributed by atoms with Gasteiger partial charge in [-0.1, -0.05) is 11.6 Å². The lowest BCUT2D eigenvalue weighted by Gasteiger charge is -2.12. The first kappa shape index (κ1) is 16.1. The van der Waals surface area contributed by atoms with Crippen LogP contribution in [0.15, 0.2) is 33.5 Å². The van der Waals surface area contributed by atoms with E-state index in [1.807, 2.05) is 0 Å². The Morgan fingerprint density at radius 1 is 1.42 bits per heavy atom. The van der Waals surface area contributed by atoms with Gasteiger partial charge in [-0.15, -0.1) is 0 Å². The average molecular weight is 350 g/mol. The average Bonchev–Trinajstić information content (AvgIpc) is 2.57. The van der Waals surface area contributed by atoms with Crippen LogP contribution in [0, 0.1) is 5.21 Å². The maximum atomic E-state index is 12.5. The SMILES string of the molecule is COC(=O)CCc1cc2c(oc3cc(=O)ccc-3[n+]2[O-])c(Cl)c1O. The molecule has 24 heavy (non-hydrogen) atoms. The summed E-state index contributed by atoms with van der Waals surface area (Å²) in [5, 5.41) is 22.6. The molecule has 0 unspecified atom stereocenters. The van der Waals surface area contributed by atoms with Gasteiger partial charge in [0.05, 0.1) is 7.11 Å². The Morgan fingerprint density at radius 3 is 2.88 bits per heavy atom. The first-order chi connectivity index (χ1) is 11.4. The molecule has 0 fully saturated rings. The number of hydrogen-bond acceptors (Lipinski definition) is 6. The van der Waals surface area contributed by atoms with Crippen LogP contribution in [0.1, 0.15) is 12.0 Å². The number of aromatic nitrogens is 1. The van der Waals surface area contributed by atoms with Crippen molar-refractivity contribution in [2.45, 2.75) is 12.8 Å². The second-order valence-corrected chi connectivity index (χ2v) is 5.53. The number of rotatable bonds is 3. The van der Waals surface area contributed by atoms with Crippen LogP contribution >= 0.6 is 11.6 Å². The molecule has 0 saturated carbocycles. The molecule has 1 aliphatic carbocycles. The van der Waals surface area contributed by atoms with Gasteiger partial charge in [0.2, 0.25) is 11.3 Å². The summed E-state index contributed by atoms with van der Waals surface area (Å²) in [4.78, 5) is 22.7. The van der Waals surface area contributed by atoms with Crippen molar-refractivity contribution < 1.29 is 23.8 Å². The van der Waals surface area contributed by atoms with Crippen LogP contribution in [0.25, 0.3) is 22.6 Å². The van der Waals surface area contributed by atoms with E-state index >= 15 is 0 Å². The highest BCUT2D eigenvalue weighted by Crippen LogP contribution is 2.37. The number of ether oxygens (including phenoxy) is 1. The Morgan fingerprint density at radius 2 is 2.17 bits per heavy atom. The van der Waals surface area contributed by atoms with Crippen LogP contribution in [0.3, 0.4) is 0 Å². The van der Waals surface area contributed by atoms with Crippen LogP contribution in [0.5, 0.6) is 5.75 Å². The lowest BCUT2D eigenvalue weighted by molar-refractivity contribution is -0.566. The number of carbonyl (C=O) groups is 1. The summed E-state index contributed by atoms with van der Waals surface area (Å²) in [5.74, 6) is -0.671. The minimum atomic E-state index is -0.452. The van der Waals surface area contributed by atoms with Crippen LogP contribution in [0.4, 0.5) is 0 Å². The molecule has 0 radical (unpaired) electrons. The smallest absolute Gasteiger partial charge is 0.305 e. The minimum Gasteiger partial charge on any atom is -0.618 e. The molecule has 8 heteroatoms. The molecule has 1 aromatic carbocycles. The Kier molecular flexibility index (Phi) is 4.02. The molecule has 1 aliphatic heterocycles. The van der Waals surface area contributed by atoms with Crippen LogP contribution in [0.2, 0.25) is 5.02 Å². The van der Waals surface area contributed by atoms with Crippen molar-refractivity contribution in [3.63, 3.8) is 0 Å². The van der Waals surface area contributed by atoms with Crippen LogP contribution in [-0.2, 0) is 16.0 Å². The molecular formula is C16H12ClNO6. The Labute approximate surface area is 140 Å². The van der Waals surface area contributed by atoms with Crippen molar-refractivity contribution in [3.05, 3.63) is 50.3 Å². The van der Waals surface area contributed by atoms with Gasteiger partial charge in [0.25, 0.3) is 11.2 Å². The maximum Gasteiger partial charge on any atom is 0.305 e. The van der Waals surface area contributed by atoms with E-state index in [0.717, 1.165) is 0 Å². The predicted molar refractivity (Wildman–Crippen MR) is 85.1 cm³/mol. The third kappa shape index (κ3) is 2.63. The molecule has 1 N–H and O–H groups in total. The summed E-state index contributed by atoms with van der Waals surface area (Å²) < 4.78 is 10.6.